The lowest BCUT2D eigenvalue weighted by atomic mass is 9.69. The minimum atomic E-state index is -0.919. The Morgan fingerprint density at radius 1 is 1.21 bits per heavy atom. The van der Waals surface area contributed by atoms with Crippen LogP contribution in [0.25, 0.3) is 32.1 Å². The van der Waals surface area contributed by atoms with E-state index in [0.717, 1.165) is 76.0 Å². The van der Waals surface area contributed by atoms with E-state index in [1.54, 1.807) is 6.07 Å². The molecule has 0 radical (unpaired) electrons. The van der Waals surface area contributed by atoms with Gasteiger partial charge in [-0.25, -0.2) is 13.2 Å². The number of hydrogen-bond acceptors (Lipinski definition) is 9. The number of benzene rings is 2. The van der Waals surface area contributed by atoms with Crippen molar-refractivity contribution in [3.63, 3.8) is 0 Å². The van der Waals surface area contributed by atoms with Crippen molar-refractivity contribution < 1.29 is 17.9 Å². The van der Waals surface area contributed by atoms with Crippen molar-refractivity contribution in [1.29, 1.82) is 5.26 Å². The summed E-state index contributed by atoms with van der Waals surface area (Å²) in [5, 5.41) is 14.4. The lowest BCUT2D eigenvalue weighted by molar-refractivity contribution is 0.0782. The van der Waals surface area contributed by atoms with Crippen LogP contribution < -0.4 is 20.7 Å². The molecule has 8 nitrogen and oxygen atoms in total. The average Bonchev–Trinajstić information content (AvgIpc) is 3.63. The SMILES string of the molecule is CC[C@H]1NC[C@]12CCCCN(c1nc(OC[C@@]34CCCN3C[C@H](F)C4)nc3c(F)c(-c4ccc(F)c5sc(N)c(C#N)c45)c(Cl)cc13)C2. The number of nitrogens with two attached hydrogens (primary N) is 1. The molecule has 4 aromatic rings. The van der Waals surface area contributed by atoms with Crippen LogP contribution in [0.5, 0.6) is 6.01 Å². The van der Waals surface area contributed by atoms with Crippen LogP contribution in [0.4, 0.5) is 24.0 Å². The molecule has 3 N–H and O–H groups in total. The van der Waals surface area contributed by atoms with Crippen molar-refractivity contribution in [2.24, 2.45) is 5.41 Å². The van der Waals surface area contributed by atoms with Gasteiger partial charge in [0.25, 0.3) is 0 Å². The number of ether oxygens (including phenoxy) is 1. The van der Waals surface area contributed by atoms with Gasteiger partial charge in [0.05, 0.1) is 20.8 Å². The van der Waals surface area contributed by atoms with Gasteiger partial charge in [0.15, 0.2) is 5.82 Å². The lowest BCUT2D eigenvalue weighted by Gasteiger charge is -2.52. The van der Waals surface area contributed by atoms with E-state index in [1.807, 2.05) is 0 Å². The van der Waals surface area contributed by atoms with Crippen molar-refractivity contribution in [2.75, 3.05) is 50.0 Å². The van der Waals surface area contributed by atoms with Gasteiger partial charge >= 0.3 is 6.01 Å². The zero-order valence-corrected chi connectivity index (χ0v) is 28.3. The Hall–Kier alpha value is -3.37. The maximum atomic E-state index is 17.1. The molecule has 2 aromatic carbocycles. The minimum absolute atomic E-state index is 0.00253. The number of nitrogens with one attached hydrogen (secondary N) is 1. The normalized spacial score (nSPS) is 27.4. The highest BCUT2D eigenvalue weighted by atomic mass is 35.5. The molecule has 2 aromatic heterocycles. The summed E-state index contributed by atoms with van der Waals surface area (Å²) in [7, 11) is 0. The summed E-state index contributed by atoms with van der Waals surface area (Å²) >= 11 is 7.87. The van der Waals surface area contributed by atoms with Crippen LogP contribution in [0, 0.1) is 28.4 Å². The van der Waals surface area contributed by atoms with Gasteiger partial charge in [-0.1, -0.05) is 31.0 Å². The summed E-state index contributed by atoms with van der Waals surface area (Å²) in [6, 6.07) is 6.78. The van der Waals surface area contributed by atoms with E-state index in [2.05, 4.69) is 33.1 Å². The van der Waals surface area contributed by atoms with E-state index in [0.29, 0.717) is 30.2 Å². The second kappa shape index (κ2) is 11.9. The van der Waals surface area contributed by atoms with Crippen molar-refractivity contribution in [3.05, 3.63) is 40.4 Å². The first-order valence-corrected chi connectivity index (χ1v) is 18.0. The smallest absolute Gasteiger partial charge is 0.319 e. The molecular weight excluding hydrogens is 659 g/mol. The molecule has 48 heavy (non-hydrogen) atoms. The molecule has 0 amide bonds. The van der Waals surface area contributed by atoms with E-state index >= 15 is 4.39 Å². The molecule has 4 fully saturated rings. The number of thiophene rings is 1. The van der Waals surface area contributed by atoms with Crippen molar-refractivity contribution >= 4 is 54.7 Å². The number of fused-ring (bicyclic) bond motifs is 3. The van der Waals surface area contributed by atoms with E-state index in [1.165, 1.54) is 12.1 Å². The molecule has 0 aliphatic carbocycles. The zero-order chi connectivity index (χ0) is 33.4. The van der Waals surface area contributed by atoms with Gasteiger partial charge < -0.3 is 20.7 Å². The molecule has 4 atom stereocenters. The molecular formula is C35H37ClF3N7OS. The van der Waals surface area contributed by atoms with Gasteiger partial charge in [-0.05, 0) is 56.3 Å². The van der Waals surface area contributed by atoms with Gasteiger partial charge in [0, 0.05) is 60.4 Å². The Morgan fingerprint density at radius 2 is 2.06 bits per heavy atom. The van der Waals surface area contributed by atoms with Crippen molar-refractivity contribution in [1.82, 2.24) is 20.2 Å². The molecule has 1 spiro atoms. The number of halogens is 4. The van der Waals surface area contributed by atoms with Crippen LogP contribution in [0.3, 0.4) is 0 Å². The van der Waals surface area contributed by atoms with Crippen LogP contribution in [-0.2, 0) is 0 Å². The van der Waals surface area contributed by atoms with Gasteiger partial charge in [0.1, 0.15) is 41.0 Å². The average molecular weight is 696 g/mol. The number of anilines is 2. The number of aromatic nitrogens is 2. The van der Waals surface area contributed by atoms with Gasteiger partial charge in [-0.3, -0.25) is 4.90 Å². The maximum absolute atomic E-state index is 17.1. The molecule has 4 saturated heterocycles. The first-order valence-electron chi connectivity index (χ1n) is 16.8. The first kappa shape index (κ1) is 31.9. The second-order valence-electron chi connectivity index (χ2n) is 14.0. The largest absolute Gasteiger partial charge is 0.461 e. The van der Waals surface area contributed by atoms with E-state index in [9.17, 15) is 14.0 Å². The highest BCUT2D eigenvalue weighted by Crippen LogP contribution is 2.47. The Kier molecular flexibility index (Phi) is 7.90. The summed E-state index contributed by atoms with van der Waals surface area (Å²) in [4.78, 5) is 14.0. The molecule has 4 aliphatic heterocycles. The highest BCUT2D eigenvalue weighted by Gasteiger charge is 2.50. The van der Waals surface area contributed by atoms with E-state index in [-0.39, 0.29) is 60.3 Å². The van der Waals surface area contributed by atoms with Crippen LogP contribution in [0.2, 0.25) is 5.02 Å². The first-order chi connectivity index (χ1) is 23.2. The fourth-order valence-electron chi connectivity index (χ4n) is 8.91. The van der Waals surface area contributed by atoms with Gasteiger partial charge in [-0.2, -0.15) is 15.2 Å². The van der Waals surface area contributed by atoms with Crippen LogP contribution in [0.15, 0.2) is 18.2 Å². The topological polar surface area (TPSA) is 103 Å². The molecule has 252 valence electrons. The Bertz CT molecular complexity index is 1980. The molecule has 6 heterocycles. The predicted octanol–water partition coefficient (Wildman–Crippen LogP) is 7.21. The maximum Gasteiger partial charge on any atom is 0.319 e. The predicted molar refractivity (Wildman–Crippen MR) is 184 cm³/mol. The number of rotatable bonds is 6. The molecule has 8 rings (SSSR count). The molecule has 0 unspecified atom stereocenters. The van der Waals surface area contributed by atoms with E-state index in [4.69, 9.17) is 27.1 Å². The molecule has 4 aliphatic rings. The van der Waals surface area contributed by atoms with Crippen LogP contribution >= 0.6 is 22.9 Å². The van der Waals surface area contributed by atoms with Gasteiger partial charge in [0.2, 0.25) is 0 Å². The molecule has 0 bridgehead atoms. The summed E-state index contributed by atoms with van der Waals surface area (Å²) in [6.07, 6.45) is 5.37. The molecule has 0 saturated carbocycles. The standard InChI is InChI=1S/C35H37ClF3N7OS/c1-2-25-34(16-42-25)8-3-4-10-45(17-34)32-21-12-23(36)27(20-6-7-24(38)30-26(20)22(14-40)31(41)48-30)28(39)29(21)43-33(44-32)47-18-35-9-5-11-46(35)15-19(37)13-35/h6-7,12,19,25,42H,2-5,8-11,13,15-18,41H2,1H3/t19-,25-,34+,35+/m1/s1. The number of nitriles is 1. The van der Waals surface area contributed by atoms with Gasteiger partial charge in [-0.15, -0.1) is 11.3 Å². The number of alkyl halides is 1. The van der Waals surface area contributed by atoms with E-state index < -0.39 is 23.3 Å². The lowest BCUT2D eigenvalue weighted by Crippen LogP contribution is -2.65. The monoisotopic (exact) mass is 695 g/mol. The number of nitrogen functional groups attached to an aromatic ring is 1. The Morgan fingerprint density at radius 3 is 2.83 bits per heavy atom. The third-order valence-corrected chi connectivity index (χ3v) is 12.6. The summed E-state index contributed by atoms with van der Waals surface area (Å²) in [6.45, 7) is 5.96. The quantitative estimate of drug-likeness (QED) is 0.218. The number of nitrogens with zero attached hydrogens (tertiary/aromatic N) is 5. The van der Waals surface area contributed by atoms with Crippen LogP contribution in [-0.4, -0.2) is 72.0 Å². The fourth-order valence-corrected chi connectivity index (χ4v) is 10.2. The summed E-state index contributed by atoms with van der Waals surface area (Å²) in [5.74, 6) is -0.736. The second-order valence-corrected chi connectivity index (χ2v) is 15.4. The zero-order valence-electron chi connectivity index (χ0n) is 26.7. The summed E-state index contributed by atoms with van der Waals surface area (Å²) in [5.41, 5.74) is 6.07. The van der Waals surface area contributed by atoms with Crippen molar-refractivity contribution in [2.45, 2.75) is 69.6 Å². The highest BCUT2D eigenvalue weighted by molar-refractivity contribution is 7.23. The van der Waals surface area contributed by atoms with Crippen LogP contribution in [0.1, 0.15) is 57.4 Å². The fraction of sp³-hybridized carbons (Fsp3) is 0.514. The summed E-state index contributed by atoms with van der Waals surface area (Å²) < 4.78 is 53.1. The Balaban J connectivity index is 1.29. The Labute approximate surface area is 286 Å². The molecule has 13 heteroatoms. The minimum Gasteiger partial charge on any atom is -0.461 e. The third-order valence-electron chi connectivity index (χ3n) is 11.3. The third kappa shape index (κ3) is 4.91. The van der Waals surface area contributed by atoms with Crippen molar-refractivity contribution in [3.8, 4) is 23.2 Å². The number of hydrogen-bond donors (Lipinski definition) is 2.